The molecular formula is C21H21N5O2. The van der Waals surface area contributed by atoms with Gasteiger partial charge in [0.1, 0.15) is 11.5 Å². The van der Waals surface area contributed by atoms with Gasteiger partial charge in [0.25, 0.3) is 0 Å². The molecule has 0 spiro atoms. The van der Waals surface area contributed by atoms with Gasteiger partial charge in [-0.2, -0.15) is 0 Å². The molecule has 1 aliphatic heterocycles. The minimum absolute atomic E-state index is 0.267. The molecule has 0 radical (unpaired) electrons. The zero-order valence-electron chi connectivity index (χ0n) is 15.7. The monoisotopic (exact) mass is 375 g/mol. The fourth-order valence-corrected chi connectivity index (χ4v) is 4.00. The van der Waals surface area contributed by atoms with E-state index in [1.165, 1.54) is 12.0 Å². The molecule has 4 heterocycles. The number of hydrogen-bond donors (Lipinski definition) is 1. The van der Waals surface area contributed by atoms with Gasteiger partial charge in [-0.05, 0) is 55.8 Å². The highest BCUT2D eigenvalue weighted by Gasteiger charge is 2.19. The Balaban J connectivity index is 1.59. The summed E-state index contributed by atoms with van der Waals surface area (Å²) in [5.74, 6) is -0.196. The van der Waals surface area contributed by atoms with Crippen LogP contribution in [0.15, 0.2) is 42.5 Å². The molecule has 0 unspecified atom stereocenters. The van der Waals surface area contributed by atoms with Crippen LogP contribution in [0.3, 0.4) is 0 Å². The van der Waals surface area contributed by atoms with Crippen molar-refractivity contribution in [2.24, 2.45) is 0 Å². The zero-order chi connectivity index (χ0) is 19.3. The topological polar surface area (TPSA) is 75.7 Å². The van der Waals surface area contributed by atoms with Crippen LogP contribution in [-0.2, 0) is 13.1 Å². The summed E-state index contributed by atoms with van der Waals surface area (Å²) in [5, 5.41) is 18.0. The number of hydrogen-bond acceptors (Lipinski definition) is 4. The van der Waals surface area contributed by atoms with Gasteiger partial charge in [0, 0.05) is 13.1 Å². The van der Waals surface area contributed by atoms with Crippen molar-refractivity contribution in [2.75, 3.05) is 13.1 Å². The fraction of sp³-hybridized carbons (Fsp3) is 0.286. The van der Waals surface area contributed by atoms with E-state index >= 15 is 0 Å². The van der Waals surface area contributed by atoms with E-state index in [9.17, 15) is 9.90 Å². The maximum absolute atomic E-state index is 11.9. The van der Waals surface area contributed by atoms with E-state index in [1.807, 2.05) is 28.0 Å². The Labute approximate surface area is 161 Å². The lowest BCUT2D eigenvalue weighted by molar-refractivity contribution is 0.0686. The van der Waals surface area contributed by atoms with E-state index in [2.05, 4.69) is 39.4 Å². The van der Waals surface area contributed by atoms with E-state index in [4.69, 9.17) is 0 Å². The van der Waals surface area contributed by atoms with Gasteiger partial charge in [0.15, 0.2) is 5.65 Å². The van der Waals surface area contributed by atoms with Crippen LogP contribution in [0.5, 0.6) is 0 Å². The molecule has 1 N–H and O–H groups in total. The number of aromatic carboxylic acids is 1. The van der Waals surface area contributed by atoms with Crippen molar-refractivity contribution in [3.8, 4) is 0 Å². The number of fused-ring (bicyclic) bond motifs is 3. The van der Waals surface area contributed by atoms with Crippen LogP contribution < -0.4 is 0 Å². The molecule has 1 aliphatic rings. The minimum atomic E-state index is -0.938. The first kappa shape index (κ1) is 16.9. The van der Waals surface area contributed by atoms with Gasteiger partial charge in [-0.1, -0.05) is 24.3 Å². The molecule has 1 aromatic carbocycles. The van der Waals surface area contributed by atoms with Gasteiger partial charge in [-0.15, -0.1) is 10.2 Å². The van der Waals surface area contributed by atoms with Crippen LogP contribution in [0, 0.1) is 6.92 Å². The zero-order valence-corrected chi connectivity index (χ0v) is 15.7. The number of nitrogens with zero attached hydrogens (tertiary/aromatic N) is 5. The number of carboxylic acids is 1. The number of aromatic nitrogens is 4. The highest BCUT2D eigenvalue weighted by atomic mass is 16.4. The lowest BCUT2D eigenvalue weighted by atomic mass is 10.1. The number of aryl methyl sites for hydroxylation is 1. The van der Waals surface area contributed by atoms with Crippen LogP contribution in [0.4, 0.5) is 0 Å². The van der Waals surface area contributed by atoms with Crippen LogP contribution in [0.2, 0.25) is 0 Å². The van der Waals surface area contributed by atoms with Crippen LogP contribution >= 0.6 is 0 Å². The predicted octanol–water partition coefficient (Wildman–Crippen LogP) is 2.94. The first-order valence-corrected chi connectivity index (χ1v) is 9.47. The summed E-state index contributed by atoms with van der Waals surface area (Å²) in [4.78, 5) is 14.3. The van der Waals surface area contributed by atoms with Crippen molar-refractivity contribution < 1.29 is 9.90 Å². The van der Waals surface area contributed by atoms with Crippen molar-refractivity contribution in [3.63, 3.8) is 0 Å². The molecule has 142 valence electrons. The smallest absolute Gasteiger partial charge is 0.352 e. The van der Waals surface area contributed by atoms with Crippen molar-refractivity contribution >= 4 is 22.6 Å². The summed E-state index contributed by atoms with van der Waals surface area (Å²) < 4.78 is 3.76. The Morgan fingerprint density at radius 2 is 1.82 bits per heavy atom. The minimum Gasteiger partial charge on any atom is -0.477 e. The first-order valence-electron chi connectivity index (χ1n) is 9.47. The Kier molecular flexibility index (Phi) is 3.91. The lowest BCUT2D eigenvalue weighted by Crippen LogP contribution is -2.36. The van der Waals surface area contributed by atoms with E-state index in [-0.39, 0.29) is 5.69 Å². The summed E-state index contributed by atoms with van der Waals surface area (Å²) in [6, 6.07) is 13.9. The number of likely N-dealkylation sites (tertiary alicyclic amines) is 1. The summed E-state index contributed by atoms with van der Waals surface area (Å²) in [6.07, 6.45) is 1.27. The maximum Gasteiger partial charge on any atom is 0.352 e. The third-order valence-corrected chi connectivity index (χ3v) is 5.50. The molecule has 0 bridgehead atoms. The summed E-state index contributed by atoms with van der Waals surface area (Å²) in [6.45, 7) is 5.64. The average molecular weight is 375 g/mol. The largest absolute Gasteiger partial charge is 0.477 e. The van der Waals surface area contributed by atoms with Crippen molar-refractivity contribution in [3.05, 3.63) is 65.1 Å². The van der Waals surface area contributed by atoms with Crippen molar-refractivity contribution in [1.29, 1.82) is 0 Å². The van der Waals surface area contributed by atoms with Gasteiger partial charge in [0.2, 0.25) is 0 Å². The van der Waals surface area contributed by atoms with Crippen LogP contribution in [0.25, 0.3) is 16.7 Å². The SMILES string of the molecule is Cc1nnc2ccc3c(cc(C(=O)O)n3Cc3cccc(CN4CCC4)c3)n12. The molecule has 3 aromatic heterocycles. The molecule has 0 aliphatic carbocycles. The lowest BCUT2D eigenvalue weighted by Gasteiger charge is -2.30. The standard InChI is InChI=1S/C21H21N5O2/c1-14-22-23-20-7-6-17-18(26(14)20)11-19(21(27)28)25(17)13-16-5-2-4-15(10-16)12-24-8-3-9-24/h2,4-7,10-11H,3,8-9,12-13H2,1H3,(H,27,28). The third kappa shape index (κ3) is 2.75. The van der Waals surface area contributed by atoms with Crippen molar-refractivity contribution in [1.82, 2.24) is 24.1 Å². The summed E-state index contributed by atoms with van der Waals surface area (Å²) in [5.41, 5.74) is 5.02. The first-order chi connectivity index (χ1) is 13.6. The van der Waals surface area contributed by atoms with E-state index in [0.29, 0.717) is 6.54 Å². The number of benzene rings is 1. The van der Waals surface area contributed by atoms with Crippen LogP contribution in [0.1, 0.15) is 33.9 Å². The van der Waals surface area contributed by atoms with Gasteiger partial charge in [-0.25, -0.2) is 4.79 Å². The fourth-order valence-electron chi connectivity index (χ4n) is 4.00. The quantitative estimate of drug-likeness (QED) is 0.580. The number of pyridine rings is 1. The maximum atomic E-state index is 11.9. The molecule has 7 heteroatoms. The second-order valence-corrected chi connectivity index (χ2v) is 7.42. The molecule has 7 nitrogen and oxygen atoms in total. The summed E-state index contributed by atoms with van der Waals surface area (Å²) >= 11 is 0. The summed E-state index contributed by atoms with van der Waals surface area (Å²) in [7, 11) is 0. The number of rotatable bonds is 5. The molecule has 0 atom stereocenters. The molecule has 1 saturated heterocycles. The predicted molar refractivity (Wildman–Crippen MR) is 106 cm³/mol. The van der Waals surface area contributed by atoms with E-state index in [0.717, 1.165) is 47.7 Å². The Morgan fingerprint density at radius 3 is 2.54 bits per heavy atom. The Hall–Kier alpha value is -3.19. The Morgan fingerprint density at radius 1 is 1.04 bits per heavy atom. The molecule has 5 rings (SSSR count). The van der Waals surface area contributed by atoms with Crippen molar-refractivity contribution in [2.45, 2.75) is 26.4 Å². The highest BCUT2D eigenvalue weighted by molar-refractivity contribution is 5.94. The van der Waals surface area contributed by atoms with Gasteiger partial charge >= 0.3 is 5.97 Å². The molecule has 0 amide bonds. The van der Waals surface area contributed by atoms with Gasteiger partial charge in [-0.3, -0.25) is 9.30 Å². The molecule has 0 saturated carbocycles. The van der Waals surface area contributed by atoms with E-state index in [1.54, 1.807) is 6.07 Å². The molecule has 4 aromatic rings. The third-order valence-electron chi connectivity index (χ3n) is 5.50. The normalized spacial score (nSPS) is 14.6. The second kappa shape index (κ2) is 6.45. The average Bonchev–Trinajstić information content (AvgIpc) is 3.20. The van der Waals surface area contributed by atoms with Gasteiger partial charge < -0.3 is 9.67 Å². The van der Waals surface area contributed by atoms with Crippen LogP contribution in [-0.4, -0.2) is 48.2 Å². The highest BCUT2D eigenvalue weighted by Crippen LogP contribution is 2.24. The van der Waals surface area contributed by atoms with Gasteiger partial charge in [0.05, 0.1) is 11.0 Å². The Bertz CT molecular complexity index is 1200. The molecular weight excluding hydrogens is 354 g/mol. The molecule has 28 heavy (non-hydrogen) atoms. The second-order valence-electron chi connectivity index (χ2n) is 7.42. The number of carbonyl (C=O) groups is 1. The number of carboxylic acid groups (broad SMARTS) is 1. The van der Waals surface area contributed by atoms with E-state index < -0.39 is 5.97 Å². The molecule has 1 fully saturated rings.